The van der Waals surface area contributed by atoms with Crippen molar-refractivity contribution >= 4 is 29.9 Å². The molecule has 1 aromatic rings. The molecule has 6 heteroatoms. The molecule has 0 saturated heterocycles. The highest BCUT2D eigenvalue weighted by Gasteiger charge is 2.37. The summed E-state index contributed by atoms with van der Waals surface area (Å²) in [5.74, 6) is -0.700. The molecule has 1 aliphatic rings. The van der Waals surface area contributed by atoms with Gasteiger partial charge in [-0.3, -0.25) is 9.59 Å². The third-order valence-electron chi connectivity index (χ3n) is 3.72. The molecule has 1 aromatic carbocycles. The lowest BCUT2D eigenvalue weighted by atomic mass is 9.97. The summed E-state index contributed by atoms with van der Waals surface area (Å²) < 4.78 is 0. The van der Waals surface area contributed by atoms with Crippen molar-refractivity contribution in [2.75, 3.05) is 5.32 Å². The third kappa shape index (κ3) is 3.29. The first-order chi connectivity index (χ1) is 8.92. The standard InChI is InChI=1S/C14H19N3O2.ClH/c1-9-4-5-10(12(15)18)8-11(9)17-13(19)14(16)6-2-3-7-14;/h4-5,8H,2-3,6-7,16H2,1H3,(H2,15,18)(H,17,19);1H. The van der Waals surface area contributed by atoms with E-state index in [0.717, 1.165) is 18.4 Å². The van der Waals surface area contributed by atoms with Gasteiger partial charge in [0.2, 0.25) is 11.8 Å². The van der Waals surface area contributed by atoms with E-state index in [0.29, 0.717) is 24.1 Å². The van der Waals surface area contributed by atoms with E-state index in [9.17, 15) is 9.59 Å². The van der Waals surface area contributed by atoms with Gasteiger partial charge in [-0.15, -0.1) is 12.4 Å². The van der Waals surface area contributed by atoms with E-state index < -0.39 is 11.4 Å². The van der Waals surface area contributed by atoms with Crippen molar-refractivity contribution in [3.8, 4) is 0 Å². The van der Waals surface area contributed by atoms with E-state index in [2.05, 4.69) is 5.32 Å². The summed E-state index contributed by atoms with van der Waals surface area (Å²) in [5.41, 5.74) is 12.4. The van der Waals surface area contributed by atoms with Gasteiger partial charge in [0.15, 0.2) is 0 Å². The van der Waals surface area contributed by atoms with Crippen LogP contribution in [-0.4, -0.2) is 17.4 Å². The van der Waals surface area contributed by atoms with Gasteiger partial charge in [0.25, 0.3) is 0 Å². The van der Waals surface area contributed by atoms with Crippen molar-refractivity contribution in [3.63, 3.8) is 0 Å². The number of nitrogens with two attached hydrogens (primary N) is 2. The van der Waals surface area contributed by atoms with Gasteiger partial charge in [0.05, 0.1) is 5.54 Å². The number of hydrogen-bond donors (Lipinski definition) is 3. The van der Waals surface area contributed by atoms with Gasteiger partial charge < -0.3 is 16.8 Å². The first-order valence-electron chi connectivity index (χ1n) is 6.43. The van der Waals surface area contributed by atoms with E-state index in [4.69, 9.17) is 11.5 Å². The molecule has 1 saturated carbocycles. The largest absolute Gasteiger partial charge is 0.366 e. The van der Waals surface area contributed by atoms with E-state index in [-0.39, 0.29) is 18.3 Å². The van der Waals surface area contributed by atoms with Crippen LogP contribution in [0.5, 0.6) is 0 Å². The fourth-order valence-electron chi connectivity index (χ4n) is 2.39. The summed E-state index contributed by atoms with van der Waals surface area (Å²) in [5, 5.41) is 2.82. The smallest absolute Gasteiger partial charge is 0.248 e. The molecule has 0 aliphatic heterocycles. The lowest BCUT2D eigenvalue weighted by molar-refractivity contribution is -0.121. The number of primary amides is 1. The summed E-state index contributed by atoms with van der Waals surface area (Å²) in [7, 11) is 0. The Balaban J connectivity index is 0.00000200. The second kappa shape index (κ2) is 6.24. The van der Waals surface area contributed by atoms with Crippen LogP contribution in [0, 0.1) is 6.92 Å². The lowest BCUT2D eigenvalue weighted by Crippen LogP contribution is -2.48. The number of aryl methyl sites for hydroxylation is 1. The molecular formula is C14H20ClN3O2. The van der Waals surface area contributed by atoms with Crippen LogP contribution in [0.4, 0.5) is 5.69 Å². The van der Waals surface area contributed by atoms with Gasteiger partial charge in [0.1, 0.15) is 0 Å². The number of nitrogens with one attached hydrogen (secondary N) is 1. The van der Waals surface area contributed by atoms with Crippen LogP contribution >= 0.6 is 12.4 Å². The molecule has 0 bridgehead atoms. The lowest BCUT2D eigenvalue weighted by Gasteiger charge is -2.23. The molecule has 2 amide bonds. The van der Waals surface area contributed by atoms with Crippen molar-refractivity contribution < 1.29 is 9.59 Å². The number of hydrogen-bond acceptors (Lipinski definition) is 3. The Kier molecular flexibility index (Phi) is 5.14. The average molecular weight is 298 g/mol. The molecule has 20 heavy (non-hydrogen) atoms. The zero-order valence-electron chi connectivity index (χ0n) is 11.4. The summed E-state index contributed by atoms with van der Waals surface area (Å²) in [4.78, 5) is 23.4. The summed E-state index contributed by atoms with van der Waals surface area (Å²) in [6.07, 6.45) is 3.36. The minimum absolute atomic E-state index is 0. The predicted octanol–water partition coefficient (Wildman–Crippen LogP) is 1.73. The average Bonchev–Trinajstić information content (AvgIpc) is 2.80. The fourth-order valence-corrected chi connectivity index (χ4v) is 2.39. The molecule has 0 radical (unpaired) electrons. The van der Waals surface area contributed by atoms with E-state index in [1.807, 2.05) is 6.92 Å². The van der Waals surface area contributed by atoms with Crippen LogP contribution in [0.1, 0.15) is 41.6 Å². The SMILES string of the molecule is Cc1ccc(C(N)=O)cc1NC(=O)C1(N)CCCC1.Cl. The van der Waals surface area contributed by atoms with Gasteiger partial charge >= 0.3 is 0 Å². The molecule has 110 valence electrons. The number of carbonyl (C=O) groups excluding carboxylic acids is 2. The molecular weight excluding hydrogens is 278 g/mol. The minimum atomic E-state index is -0.783. The monoisotopic (exact) mass is 297 g/mol. The highest BCUT2D eigenvalue weighted by Crippen LogP contribution is 2.29. The maximum Gasteiger partial charge on any atom is 0.248 e. The Morgan fingerprint density at radius 1 is 1.25 bits per heavy atom. The van der Waals surface area contributed by atoms with Crippen LogP contribution < -0.4 is 16.8 Å². The van der Waals surface area contributed by atoms with E-state index in [1.165, 1.54) is 0 Å². The third-order valence-corrected chi connectivity index (χ3v) is 3.72. The number of rotatable bonds is 3. The van der Waals surface area contributed by atoms with Gasteiger partial charge in [-0.25, -0.2) is 0 Å². The van der Waals surface area contributed by atoms with Gasteiger partial charge in [-0.2, -0.15) is 0 Å². The normalized spacial score (nSPS) is 16.3. The molecule has 5 nitrogen and oxygen atoms in total. The van der Waals surface area contributed by atoms with Crippen LogP contribution in [0.15, 0.2) is 18.2 Å². The van der Waals surface area contributed by atoms with E-state index in [1.54, 1.807) is 18.2 Å². The Morgan fingerprint density at radius 3 is 2.40 bits per heavy atom. The Bertz CT molecular complexity index is 525. The van der Waals surface area contributed by atoms with Crippen molar-refractivity contribution in [2.24, 2.45) is 11.5 Å². The second-order valence-electron chi connectivity index (χ2n) is 5.21. The van der Waals surface area contributed by atoms with Gasteiger partial charge in [-0.05, 0) is 37.5 Å². The maximum absolute atomic E-state index is 12.2. The molecule has 5 N–H and O–H groups in total. The quantitative estimate of drug-likeness (QED) is 0.792. The molecule has 1 aliphatic carbocycles. The minimum Gasteiger partial charge on any atom is -0.366 e. The molecule has 1 fully saturated rings. The molecule has 0 spiro atoms. The number of carbonyl (C=O) groups is 2. The van der Waals surface area contributed by atoms with Crippen molar-refractivity contribution in [1.29, 1.82) is 0 Å². The van der Waals surface area contributed by atoms with Gasteiger partial charge in [-0.1, -0.05) is 18.9 Å². The summed E-state index contributed by atoms with van der Waals surface area (Å²) in [6, 6.07) is 4.99. The predicted molar refractivity (Wildman–Crippen MR) is 81.0 cm³/mol. The highest BCUT2D eigenvalue weighted by molar-refractivity contribution is 6.00. The summed E-state index contributed by atoms with van der Waals surface area (Å²) >= 11 is 0. The molecule has 0 atom stereocenters. The zero-order chi connectivity index (χ0) is 14.0. The first kappa shape index (κ1) is 16.5. The molecule has 0 aromatic heterocycles. The zero-order valence-corrected chi connectivity index (χ0v) is 12.3. The second-order valence-corrected chi connectivity index (χ2v) is 5.21. The summed E-state index contributed by atoms with van der Waals surface area (Å²) in [6.45, 7) is 1.86. The first-order valence-corrected chi connectivity index (χ1v) is 6.43. The van der Waals surface area contributed by atoms with Crippen molar-refractivity contribution in [2.45, 2.75) is 38.1 Å². The molecule has 0 heterocycles. The number of halogens is 1. The Hall–Kier alpha value is -1.59. The van der Waals surface area contributed by atoms with Crippen LogP contribution in [0.2, 0.25) is 0 Å². The number of anilines is 1. The molecule has 0 unspecified atom stereocenters. The van der Waals surface area contributed by atoms with Gasteiger partial charge in [0, 0.05) is 11.3 Å². The maximum atomic E-state index is 12.2. The topological polar surface area (TPSA) is 98.2 Å². The molecule has 2 rings (SSSR count). The van der Waals surface area contributed by atoms with Crippen LogP contribution in [0.3, 0.4) is 0 Å². The van der Waals surface area contributed by atoms with Crippen molar-refractivity contribution in [3.05, 3.63) is 29.3 Å². The number of amides is 2. The Labute approximate surface area is 124 Å². The highest BCUT2D eigenvalue weighted by atomic mass is 35.5. The number of benzene rings is 1. The van der Waals surface area contributed by atoms with Crippen molar-refractivity contribution in [1.82, 2.24) is 0 Å². The fraction of sp³-hybridized carbons (Fsp3) is 0.429. The van der Waals surface area contributed by atoms with Crippen LogP contribution in [-0.2, 0) is 4.79 Å². The van der Waals surface area contributed by atoms with Crippen LogP contribution in [0.25, 0.3) is 0 Å². The Morgan fingerprint density at radius 2 is 1.85 bits per heavy atom. The van der Waals surface area contributed by atoms with E-state index >= 15 is 0 Å².